The van der Waals surface area contributed by atoms with Crippen molar-refractivity contribution in [1.29, 1.82) is 0 Å². The topological polar surface area (TPSA) is 0 Å². The molecule has 18 heavy (non-hydrogen) atoms. The highest BCUT2D eigenvalue weighted by atomic mass is 32.2. The molecule has 2 aromatic carbocycles. The van der Waals surface area contributed by atoms with Crippen molar-refractivity contribution in [3.63, 3.8) is 0 Å². The smallest absolute Gasteiger partial charge is 0.0158 e. The molecular formula is C16H14S2. The van der Waals surface area contributed by atoms with E-state index in [1.165, 1.54) is 25.8 Å². The summed E-state index contributed by atoms with van der Waals surface area (Å²) >= 11 is 3.68. The molecule has 2 heteroatoms. The summed E-state index contributed by atoms with van der Waals surface area (Å²) < 4.78 is 0. The third-order valence-electron chi connectivity index (χ3n) is 3.05. The number of fused-ring (bicyclic) bond motifs is 1. The molecular weight excluding hydrogens is 256 g/mol. The van der Waals surface area contributed by atoms with Crippen molar-refractivity contribution in [2.75, 3.05) is 6.26 Å². The Morgan fingerprint density at radius 3 is 2.83 bits per heavy atom. The second-order valence-electron chi connectivity index (χ2n) is 4.21. The molecule has 0 atom stereocenters. The van der Waals surface area contributed by atoms with Gasteiger partial charge in [-0.15, -0.1) is 11.8 Å². The zero-order valence-corrected chi connectivity index (χ0v) is 11.9. The lowest BCUT2D eigenvalue weighted by molar-refractivity contribution is 1.17. The van der Waals surface area contributed by atoms with E-state index in [0.29, 0.717) is 0 Å². The van der Waals surface area contributed by atoms with Crippen LogP contribution >= 0.6 is 23.5 Å². The lowest BCUT2D eigenvalue weighted by atomic mass is 10.1. The second kappa shape index (κ2) is 5.25. The first-order valence-corrected chi connectivity index (χ1v) is 8.01. The normalized spacial score (nSPS) is 13.9. The van der Waals surface area contributed by atoms with Crippen LogP contribution in [0, 0.1) is 0 Å². The lowest BCUT2D eigenvalue weighted by Gasteiger charge is -2.16. The lowest BCUT2D eigenvalue weighted by Crippen LogP contribution is -1.93. The van der Waals surface area contributed by atoms with E-state index in [0.717, 1.165) is 6.42 Å². The van der Waals surface area contributed by atoms with Crippen molar-refractivity contribution in [3.8, 4) is 0 Å². The first kappa shape index (κ1) is 11.9. The zero-order valence-electron chi connectivity index (χ0n) is 10.2. The van der Waals surface area contributed by atoms with E-state index < -0.39 is 0 Å². The fraction of sp³-hybridized carbons (Fsp3) is 0.125. The minimum Gasteiger partial charge on any atom is -0.130 e. The summed E-state index contributed by atoms with van der Waals surface area (Å²) in [7, 11) is 0. The van der Waals surface area contributed by atoms with E-state index in [1.807, 2.05) is 11.8 Å². The van der Waals surface area contributed by atoms with Crippen LogP contribution in [0.3, 0.4) is 0 Å². The number of hydrogen-bond acceptors (Lipinski definition) is 2. The van der Waals surface area contributed by atoms with Gasteiger partial charge in [0.15, 0.2) is 0 Å². The van der Waals surface area contributed by atoms with Crippen molar-refractivity contribution in [2.24, 2.45) is 0 Å². The number of allylic oxidation sites excluding steroid dienone is 1. The summed E-state index contributed by atoms with van der Waals surface area (Å²) in [5.74, 6) is 0. The largest absolute Gasteiger partial charge is 0.130 e. The van der Waals surface area contributed by atoms with Gasteiger partial charge in [0.2, 0.25) is 0 Å². The van der Waals surface area contributed by atoms with E-state index in [9.17, 15) is 0 Å². The van der Waals surface area contributed by atoms with Crippen molar-refractivity contribution < 1.29 is 0 Å². The Hall–Kier alpha value is -1.12. The monoisotopic (exact) mass is 270 g/mol. The molecule has 0 saturated carbocycles. The second-order valence-corrected chi connectivity index (χ2v) is 6.18. The number of hydrogen-bond donors (Lipinski definition) is 0. The van der Waals surface area contributed by atoms with Gasteiger partial charge in [-0.2, -0.15) is 0 Å². The highest BCUT2D eigenvalue weighted by molar-refractivity contribution is 8.08. The molecule has 1 heterocycles. The summed E-state index contributed by atoms with van der Waals surface area (Å²) in [4.78, 5) is 4.10. The van der Waals surface area contributed by atoms with Crippen LogP contribution in [0.25, 0.3) is 4.91 Å². The standard InChI is InChI=1S/C16H14S2/c1-17-14-7-4-6-13(11-14)16-10-9-12-5-2-3-8-15(12)18-16/h2-8,10-11H,9H2,1H3. The molecule has 1 aliphatic rings. The summed E-state index contributed by atoms with van der Waals surface area (Å²) in [6.45, 7) is 0. The molecule has 1 aliphatic heterocycles. The molecule has 0 nitrogen and oxygen atoms in total. The molecule has 0 aromatic heterocycles. The van der Waals surface area contributed by atoms with Gasteiger partial charge in [0.05, 0.1) is 0 Å². The highest BCUT2D eigenvalue weighted by Gasteiger charge is 2.12. The molecule has 0 amide bonds. The van der Waals surface area contributed by atoms with E-state index in [4.69, 9.17) is 0 Å². The van der Waals surface area contributed by atoms with Crippen LogP contribution in [-0.4, -0.2) is 6.26 Å². The predicted octanol–water partition coefficient (Wildman–Crippen LogP) is 5.10. The average Bonchev–Trinajstić information content (AvgIpc) is 2.47. The van der Waals surface area contributed by atoms with Crippen molar-refractivity contribution in [1.82, 2.24) is 0 Å². The summed E-state index contributed by atoms with van der Waals surface area (Å²) in [5.41, 5.74) is 2.77. The molecule has 0 bridgehead atoms. The van der Waals surface area contributed by atoms with Crippen LogP contribution in [0.4, 0.5) is 0 Å². The van der Waals surface area contributed by atoms with Gasteiger partial charge in [-0.3, -0.25) is 0 Å². The Labute approximate surface area is 116 Å². The SMILES string of the molecule is CSc1cccc(C2=CCc3ccccc3S2)c1. The highest BCUT2D eigenvalue weighted by Crippen LogP contribution is 2.40. The van der Waals surface area contributed by atoms with Crippen LogP contribution in [0.15, 0.2) is 64.4 Å². The molecule has 2 aromatic rings. The number of thioether (sulfide) groups is 2. The summed E-state index contributed by atoms with van der Waals surface area (Å²) in [6.07, 6.45) is 5.51. The maximum Gasteiger partial charge on any atom is 0.0158 e. The molecule has 3 rings (SSSR count). The van der Waals surface area contributed by atoms with Crippen molar-refractivity contribution in [3.05, 3.63) is 65.7 Å². The van der Waals surface area contributed by atoms with Crippen LogP contribution in [0.2, 0.25) is 0 Å². The van der Waals surface area contributed by atoms with Crippen LogP contribution in [0.5, 0.6) is 0 Å². The van der Waals surface area contributed by atoms with Gasteiger partial charge >= 0.3 is 0 Å². The Morgan fingerprint density at radius 1 is 1.06 bits per heavy atom. The van der Waals surface area contributed by atoms with E-state index in [2.05, 4.69) is 60.9 Å². The fourth-order valence-electron chi connectivity index (χ4n) is 2.09. The molecule has 0 N–H and O–H groups in total. The first-order chi connectivity index (χ1) is 8.86. The molecule has 0 aliphatic carbocycles. The maximum atomic E-state index is 2.34. The van der Waals surface area contributed by atoms with Crippen LogP contribution < -0.4 is 0 Å². The Kier molecular flexibility index (Phi) is 3.48. The fourth-order valence-corrected chi connectivity index (χ4v) is 3.62. The van der Waals surface area contributed by atoms with Gasteiger partial charge < -0.3 is 0 Å². The molecule has 0 radical (unpaired) electrons. The molecule has 0 fully saturated rings. The summed E-state index contributed by atoms with van der Waals surface area (Å²) in [6, 6.07) is 17.4. The minimum atomic E-state index is 1.04. The van der Waals surface area contributed by atoms with Gasteiger partial charge in [0.1, 0.15) is 0 Å². The Bertz CT molecular complexity index is 600. The van der Waals surface area contributed by atoms with E-state index in [1.54, 1.807) is 11.8 Å². The maximum absolute atomic E-state index is 2.34. The van der Waals surface area contributed by atoms with Crippen molar-refractivity contribution >= 4 is 28.4 Å². The third-order valence-corrected chi connectivity index (χ3v) is 5.02. The quantitative estimate of drug-likeness (QED) is 0.696. The zero-order chi connectivity index (χ0) is 12.4. The van der Waals surface area contributed by atoms with E-state index in [-0.39, 0.29) is 0 Å². The van der Waals surface area contributed by atoms with Crippen molar-refractivity contribution in [2.45, 2.75) is 16.2 Å². The van der Waals surface area contributed by atoms with Gasteiger partial charge in [0, 0.05) is 14.7 Å². The van der Waals surface area contributed by atoms with Crippen LogP contribution in [-0.2, 0) is 6.42 Å². The Morgan fingerprint density at radius 2 is 1.94 bits per heavy atom. The Balaban J connectivity index is 1.93. The van der Waals surface area contributed by atoms with Gasteiger partial charge in [-0.05, 0) is 42.0 Å². The number of benzene rings is 2. The van der Waals surface area contributed by atoms with Crippen LogP contribution in [0.1, 0.15) is 11.1 Å². The average molecular weight is 270 g/mol. The molecule has 90 valence electrons. The predicted molar refractivity (Wildman–Crippen MR) is 82.2 cm³/mol. The molecule has 0 spiro atoms. The van der Waals surface area contributed by atoms with Gasteiger partial charge in [0.25, 0.3) is 0 Å². The van der Waals surface area contributed by atoms with Gasteiger partial charge in [-0.1, -0.05) is 48.2 Å². The summed E-state index contributed by atoms with van der Waals surface area (Å²) in [5, 5.41) is 0. The third kappa shape index (κ3) is 2.36. The van der Waals surface area contributed by atoms with Gasteiger partial charge in [-0.25, -0.2) is 0 Å². The number of rotatable bonds is 2. The minimum absolute atomic E-state index is 1.04. The molecule has 0 unspecified atom stereocenters. The van der Waals surface area contributed by atoms with E-state index >= 15 is 0 Å². The molecule has 0 saturated heterocycles. The first-order valence-electron chi connectivity index (χ1n) is 5.97.